The number of carbonyl (C=O) groups excluding carboxylic acids is 1. The van der Waals surface area contributed by atoms with Crippen molar-refractivity contribution in [3.05, 3.63) is 23.3 Å². The maximum absolute atomic E-state index is 10.8. The first-order valence-corrected chi connectivity index (χ1v) is 4.73. The van der Waals surface area contributed by atoms with Gasteiger partial charge in [-0.3, -0.25) is 5.32 Å². The Morgan fingerprint density at radius 1 is 1.33 bits per heavy atom. The predicted octanol–water partition coefficient (Wildman–Crippen LogP) is 1.05. The summed E-state index contributed by atoms with van der Waals surface area (Å²) in [5.74, 6) is 1.36. The first-order valence-electron chi connectivity index (χ1n) is 4.73. The Hall–Kier alpha value is -1.55. The van der Waals surface area contributed by atoms with Crippen LogP contribution < -0.4 is 14.8 Å². The summed E-state index contributed by atoms with van der Waals surface area (Å²) in [4.78, 5) is 10.8. The molecule has 15 heavy (non-hydrogen) atoms. The average molecular weight is 207 g/mol. The molecule has 1 aliphatic rings. The lowest BCUT2D eigenvalue weighted by atomic mass is 10.0. The highest BCUT2D eigenvalue weighted by molar-refractivity contribution is 5.66. The van der Waals surface area contributed by atoms with Crippen molar-refractivity contribution in [3.63, 3.8) is 0 Å². The van der Waals surface area contributed by atoms with Crippen molar-refractivity contribution in [3.8, 4) is 11.5 Å². The number of carbonyl (C=O) groups is 1. The molecule has 0 amide bonds. The molecule has 0 aliphatic carbocycles. The number of fused-ring (bicyclic) bond motifs is 1. The van der Waals surface area contributed by atoms with E-state index in [1.165, 1.54) is 0 Å². The zero-order chi connectivity index (χ0) is 10.8. The molecule has 4 nitrogen and oxygen atoms in total. The summed E-state index contributed by atoms with van der Waals surface area (Å²) in [7, 11) is 3.19. The van der Waals surface area contributed by atoms with Crippen LogP contribution in [-0.2, 0) is 11.3 Å². The summed E-state index contributed by atoms with van der Waals surface area (Å²) < 4.78 is 10.4. The van der Waals surface area contributed by atoms with E-state index < -0.39 is 0 Å². The van der Waals surface area contributed by atoms with Crippen LogP contribution in [0.3, 0.4) is 0 Å². The summed E-state index contributed by atoms with van der Waals surface area (Å²) in [5, 5.41) is 3.10. The van der Waals surface area contributed by atoms with Gasteiger partial charge in [-0.05, 0) is 23.3 Å². The van der Waals surface area contributed by atoms with Gasteiger partial charge in [0.15, 0.2) is 11.5 Å². The first-order chi connectivity index (χ1) is 7.30. The number of nitrogens with one attached hydrogen (secondary N) is 1. The molecule has 2 rings (SSSR count). The lowest BCUT2D eigenvalue weighted by Gasteiger charge is -2.10. The lowest BCUT2D eigenvalue weighted by molar-refractivity contribution is -0.109. The standard InChI is InChI=1S/C11H13NO3/c1-14-10-3-7-5-12-9(6-13)8(7)4-11(10)15-2/h3-4,6,9,12H,5H2,1-2H3. The molecular formula is C11H13NO3. The van der Waals surface area contributed by atoms with Crippen LogP contribution >= 0.6 is 0 Å². The smallest absolute Gasteiger partial charge is 0.161 e. The monoisotopic (exact) mass is 207 g/mol. The van der Waals surface area contributed by atoms with Gasteiger partial charge in [0, 0.05) is 6.54 Å². The molecule has 1 aromatic rings. The largest absolute Gasteiger partial charge is 0.493 e. The molecule has 1 N–H and O–H groups in total. The van der Waals surface area contributed by atoms with Gasteiger partial charge >= 0.3 is 0 Å². The van der Waals surface area contributed by atoms with E-state index in [9.17, 15) is 4.79 Å². The predicted molar refractivity (Wildman–Crippen MR) is 55.2 cm³/mol. The molecule has 0 radical (unpaired) electrons. The second-order valence-corrected chi connectivity index (χ2v) is 3.40. The van der Waals surface area contributed by atoms with Crippen molar-refractivity contribution >= 4 is 6.29 Å². The highest BCUT2D eigenvalue weighted by Crippen LogP contribution is 2.35. The molecule has 0 saturated carbocycles. The SMILES string of the molecule is COc1cc2c(cc1OC)C(C=O)NC2. The van der Waals surface area contributed by atoms with Gasteiger partial charge in [0.1, 0.15) is 6.29 Å². The van der Waals surface area contributed by atoms with Crippen LogP contribution in [0, 0.1) is 0 Å². The minimum Gasteiger partial charge on any atom is -0.493 e. The van der Waals surface area contributed by atoms with Crippen LogP contribution in [0.5, 0.6) is 11.5 Å². The number of hydrogen-bond donors (Lipinski definition) is 1. The quantitative estimate of drug-likeness (QED) is 0.752. The number of benzene rings is 1. The van der Waals surface area contributed by atoms with Crippen LogP contribution in [0.4, 0.5) is 0 Å². The summed E-state index contributed by atoms with van der Waals surface area (Å²) in [6.45, 7) is 0.694. The second kappa shape index (κ2) is 3.90. The molecule has 80 valence electrons. The fourth-order valence-electron chi connectivity index (χ4n) is 1.83. The van der Waals surface area contributed by atoms with Gasteiger partial charge in [0.05, 0.1) is 20.3 Å². The van der Waals surface area contributed by atoms with E-state index in [0.717, 1.165) is 17.4 Å². The third-order valence-electron chi connectivity index (χ3n) is 2.63. The van der Waals surface area contributed by atoms with Crippen molar-refractivity contribution in [2.24, 2.45) is 0 Å². The highest BCUT2D eigenvalue weighted by Gasteiger charge is 2.23. The van der Waals surface area contributed by atoms with Gasteiger partial charge in [-0.1, -0.05) is 0 Å². The lowest BCUT2D eigenvalue weighted by Crippen LogP contribution is -2.12. The van der Waals surface area contributed by atoms with Crippen LogP contribution in [-0.4, -0.2) is 20.5 Å². The topological polar surface area (TPSA) is 47.6 Å². The minimum atomic E-state index is -0.222. The molecule has 1 unspecified atom stereocenters. The van der Waals surface area contributed by atoms with Gasteiger partial charge in [-0.25, -0.2) is 0 Å². The molecule has 1 aromatic carbocycles. The third kappa shape index (κ3) is 1.57. The van der Waals surface area contributed by atoms with Gasteiger partial charge in [0.25, 0.3) is 0 Å². The Morgan fingerprint density at radius 2 is 2.00 bits per heavy atom. The summed E-state index contributed by atoms with van der Waals surface area (Å²) in [6.07, 6.45) is 0.901. The van der Waals surface area contributed by atoms with E-state index in [1.807, 2.05) is 12.1 Å². The van der Waals surface area contributed by atoms with Gasteiger partial charge in [-0.2, -0.15) is 0 Å². The fraction of sp³-hybridized carbons (Fsp3) is 0.364. The molecule has 0 bridgehead atoms. The molecule has 0 saturated heterocycles. The van der Waals surface area contributed by atoms with Crippen molar-refractivity contribution in [1.82, 2.24) is 5.32 Å². The van der Waals surface area contributed by atoms with Crippen molar-refractivity contribution < 1.29 is 14.3 Å². The Morgan fingerprint density at radius 3 is 2.60 bits per heavy atom. The Kier molecular flexibility index (Phi) is 2.60. The van der Waals surface area contributed by atoms with E-state index in [1.54, 1.807) is 14.2 Å². The molecule has 0 spiro atoms. The van der Waals surface area contributed by atoms with Crippen LogP contribution in [0.15, 0.2) is 12.1 Å². The van der Waals surface area contributed by atoms with Crippen molar-refractivity contribution in [2.45, 2.75) is 12.6 Å². The first kappa shape index (κ1) is 9.98. The number of aldehydes is 1. The van der Waals surface area contributed by atoms with Crippen LogP contribution in [0.1, 0.15) is 17.2 Å². The van der Waals surface area contributed by atoms with E-state index in [2.05, 4.69) is 5.32 Å². The number of rotatable bonds is 3. The summed E-state index contributed by atoms with van der Waals surface area (Å²) >= 11 is 0. The number of ether oxygens (including phenoxy) is 2. The molecule has 4 heteroatoms. The second-order valence-electron chi connectivity index (χ2n) is 3.40. The Balaban J connectivity index is 2.48. The fourth-order valence-corrected chi connectivity index (χ4v) is 1.83. The molecule has 1 aliphatic heterocycles. The van der Waals surface area contributed by atoms with E-state index in [4.69, 9.17) is 9.47 Å². The zero-order valence-corrected chi connectivity index (χ0v) is 8.74. The molecule has 0 aromatic heterocycles. The molecule has 1 atom stereocenters. The normalized spacial score (nSPS) is 18.4. The third-order valence-corrected chi connectivity index (χ3v) is 2.63. The maximum atomic E-state index is 10.8. The van der Waals surface area contributed by atoms with Gasteiger partial charge < -0.3 is 14.3 Å². The van der Waals surface area contributed by atoms with Gasteiger partial charge in [0.2, 0.25) is 0 Å². The number of methoxy groups -OCH3 is 2. The minimum absolute atomic E-state index is 0.222. The molecule has 1 heterocycles. The zero-order valence-electron chi connectivity index (χ0n) is 8.74. The molecular weight excluding hydrogens is 194 g/mol. The van der Waals surface area contributed by atoms with Gasteiger partial charge in [-0.15, -0.1) is 0 Å². The summed E-state index contributed by atoms with van der Waals surface area (Å²) in [5.41, 5.74) is 2.06. The molecule has 0 fully saturated rings. The van der Waals surface area contributed by atoms with E-state index in [-0.39, 0.29) is 6.04 Å². The van der Waals surface area contributed by atoms with E-state index >= 15 is 0 Å². The van der Waals surface area contributed by atoms with Crippen LogP contribution in [0.2, 0.25) is 0 Å². The Bertz CT molecular complexity index is 390. The summed E-state index contributed by atoms with van der Waals surface area (Å²) in [6, 6.07) is 3.54. The Labute approximate surface area is 88.2 Å². The van der Waals surface area contributed by atoms with E-state index in [0.29, 0.717) is 18.0 Å². The maximum Gasteiger partial charge on any atom is 0.161 e. The van der Waals surface area contributed by atoms with Crippen molar-refractivity contribution in [2.75, 3.05) is 14.2 Å². The average Bonchev–Trinajstić information content (AvgIpc) is 2.68. The highest BCUT2D eigenvalue weighted by atomic mass is 16.5. The van der Waals surface area contributed by atoms with Crippen molar-refractivity contribution in [1.29, 1.82) is 0 Å². The number of hydrogen-bond acceptors (Lipinski definition) is 4. The van der Waals surface area contributed by atoms with Crippen LogP contribution in [0.25, 0.3) is 0 Å².